The van der Waals surface area contributed by atoms with Crippen LogP contribution in [0.25, 0.3) is 5.65 Å². The van der Waals surface area contributed by atoms with Crippen LogP contribution in [0.3, 0.4) is 0 Å². The third-order valence-electron chi connectivity index (χ3n) is 10.0. The molecule has 21 heteroatoms. The van der Waals surface area contributed by atoms with Crippen molar-refractivity contribution in [2.45, 2.75) is 38.8 Å². The number of rotatable bonds is 12. The van der Waals surface area contributed by atoms with Crippen molar-refractivity contribution in [3.8, 4) is 29.0 Å². The van der Waals surface area contributed by atoms with Crippen molar-refractivity contribution in [2.75, 3.05) is 75.5 Å². The molecule has 0 unspecified atom stereocenters. The molecule has 2 aromatic carbocycles. The second-order valence-electron chi connectivity index (χ2n) is 15.8. The highest BCUT2D eigenvalue weighted by Gasteiger charge is 2.22. The molecule has 20 nitrogen and oxygen atoms in total. The van der Waals surface area contributed by atoms with E-state index in [0.29, 0.717) is 61.6 Å². The summed E-state index contributed by atoms with van der Waals surface area (Å²) in [4.78, 5) is 19.3. The van der Waals surface area contributed by atoms with Gasteiger partial charge in [0.2, 0.25) is 11.8 Å². The van der Waals surface area contributed by atoms with Crippen LogP contribution in [0, 0.1) is 0 Å². The first-order chi connectivity index (χ1) is 39.1. The van der Waals surface area contributed by atoms with Crippen molar-refractivity contribution >= 4 is 15.5 Å². The summed E-state index contributed by atoms with van der Waals surface area (Å²) in [5.74, 6) is 4.36. The Balaban J connectivity index is 0.000000308. The molecule has 428 valence electrons. The normalized spacial score (nSPS) is 11.4. The highest BCUT2D eigenvalue weighted by Crippen LogP contribution is 2.14. The van der Waals surface area contributed by atoms with Crippen LogP contribution in [0.4, 0.5) is 0 Å². The van der Waals surface area contributed by atoms with Gasteiger partial charge in [-0.25, -0.2) is 13.4 Å². The molecule has 10 rings (SSSR count). The van der Waals surface area contributed by atoms with E-state index in [1.165, 1.54) is 11.9 Å². The maximum absolute atomic E-state index is 10.9. The number of hydrogen-bond acceptors (Lipinski definition) is 19. The van der Waals surface area contributed by atoms with Crippen molar-refractivity contribution in [3.63, 3.8) is 0 Å². The Hall–Kier alpha value is -8.47. The molecule has 0 aliphatic carbocycles. The van der Waals surface area contributed by atoms with E-state index >= 15 is 0 Å². The Kier molecular flexibility index (Phi) is 37.6. The van der Waals surface area contributed by atoms with E-state index in [0.717, 1.165) is 28.4 Å². The van der Waals surface area contributed by atoms with Gasteiger partial charge in [0.15, 0.2) is 15.5 Å². The third-order valence-corrected chi connectivity index (χ3v) is 11.7. The van der Waals surface area contributed by atoms with Crippen molar-refractivity contribution in [2.24, 2.45) is 0 Å². The van der Waals surface area contributed by atoms with Gasteiger partial charge in [-0.2, -0.15) is 4.52 Å². The molecule has 0 spiro atoms. The average molecular weight is 1120 g/mol. The maximum atomic E-state index is 10.9. The Morgan fingerprint density at radius 3 is 1.40 bits per heavy atom. The van der Waals surface area contributed by atoms with Crippen LogP contribution in [-0.4, -0.2) is 135 Å². The van der Waals surface area contributed by atoms with Gasteiger partial charge in [-0.1, -0.05) is 60.7 Å². The Morgan fingerprint density at radius 2 is 0.950 bits per heavy atom. The van der Waals surface area contributed by atoms with Gasteiger partial charge in [0.1, 0.15) is 23.6 Å². The molecule has 0 amide bonds. The number of ether oxygens (including phenoxy) is 9. The highest BCUT2D eigenvalue weighted by molar-refractivity contribution is 7.91. The monoisotopic (exact) mass is 1120 g/mol. The zero-order valence-electron chi connectivity index (χ0n) is 47.0. The van der Waals surface area contributed by atoms with E-state index in [2.05, 4.69) is 40.2 Å². The SMILES string of the molecule is COC1CCS(=O)(=O)CC1.COCc1ccccc1.COCc1cccnc1.COCc1ccncc1.COc1ccc2nncn2n1.COc1ccccc1.COc1ccccn1.COc1cccnc1.COc1ccncc1. The summed E-state index contributed by atoms with van der Waals surface area (Å²) in [6.45, 7) is 2.02. The van der Waals surface area contributed by atoms with Crippen LogP contribution in [0.2, 0.25) is 0 Å². The lowest BCUT2D eigenvalue weighted by atomic mass is 10.2. The van der Waals surface area contributed by atoms with E-state index < -0.39 is 9.84 Å². The topological polar surface area (TPSA) is 225 Å². The summed E-state index contributed by atoms with van der Waals surface area (Å²) in [6.07, 6.45) is 18.5. The number of hydrogen-bond donors (Lipinski definition) is 0. The van der Waals surface area contributed by atoms with Crippen LogP contribution in [-0.2, 0) is 48.6 Å². The average Bonchev–Trinajstić information content (AvgIpc) is 4.02. The number of nitrogens with zero attached hydrogens (tertiary/aromatic N) is 9. The minimum atomic E-state index is -2.71. The van der Waals surface area contributed by atoms with Crippen LogP contribution >= 0.6 is 0 Å². The van der Waals surface area contributed by atoms with Gasteiger partial charge in [0, 0.05) is 90.1 Å². The van der Waals surface area contributed by atoms with Gasteiger partial charge in [-0.05, 0) is 96.3 Å². The summed E-state index contributed by atoms with van der Waals surface area (Å²) in [6, 6.07) is 43.9. The van der Waals surface area contributed by atoms with Gasteiger partial charge in [0.25, 0.3) is 0 Å². The quantitative estimate of drug-likeness (QED) is 0.111. The number of sulfone groups is 1. The number of benzene rings is 2. The van der Waals surface area contributed by atoms with E-state index in [-0.39, 0.29) is 6.10 Å². The minimum absolute atomic E-state index is 0.170. The predicted octanol–water partition coefficient (Wildman–Crippen LogP) is 9.60. The predicted molar refractivity (Wildman–Crippen MR) is 308 cm³/mol. The van der Waals surface area contributed by atoms with Crippen LogP contribution in [0.5, 0.6) is 29.0 Å². The molecule has 0 radical (unpaired) electrons. The van der Waals surface area contributed by atoms with Gasteiger partial charge in [0.05, 0.1) is 79.2 Å². The Labute approximate surface area is 471 Å². The number of aromatic nitrogens is 9. The number of pyridine rings is 5. The smallest absolute Gasteiger partial charge is 0.231 e. The first kappa shape index (κ1) is 67.6. The molecule has 0 saturated carbocycles. The van der Waals surface area contributed by atoms with Crippen molar-refractivity contribution in [3.05, 3.63) is 218 Å². The fourth-order valence-electron chi connectivity index (χ4n) is 5.93. The molecule has 0 N–H and O–H groups in total. The van der Waals surface area contributed by atoms with Gasteiger partial charge in [-0.3, -0.25) is 19.9 Å². The number of methoxy groups -OCH3 is 9. The fourth-order valence-corrected chi connectivity index (χ4v) is 7.38. The van der Waals surface area contributed by atoms with E-state index in [1.54, 1.807) is 155 Å². The lowest BCUT2D eigenvalue weighted by Crippen LogP contribution is -2.27. The molecule has 8 heterocycles. The first-order valence-corrected chi connectivity index (χ1v) is 26.5. The molecule has 80 heavy (non-hydrogen) atoms. The molecule has 0 atom stereocenters. The highest BCUT2D eigenvalue weighted by atomic mass is 32.2. The lowest BCUT2D eigenvalue weighted by molar-refractivity contribution is 0.0945. The van der Waals surface area contributed by atoms with Crippen LogP contribution < -0.4 is 23.7 Å². The van der Waals surface area contributed by atoms with E-state index in [9.17, 15) is 8.42 Å². The van der Waals surface area contributed by atoms with Gasteiger partial charge < -0.3 is 42.6 Å². The number of para-hydroxylation sites is 1. The standard InChI is InChI=1S/C8H10O.2C7H9NO.C7H8O.C6H6N4O.3C6H7NO.C6H12O3S/c1-9-7-8-5-3-2-4-6-8;1-9-6-7-2-4-8-5-3-7;1-9-6-7-3-2-4-8-5-7;1-8-7-5-3-2-4-6-7;1-11-6-3-2-5-8-7-4-10(5)9-6;1-8-6-2-4-7-5-3-6;1-8-6-3-2-4-7-5-6;1-8-6-4-2-3-5-7-6;1-9-6-2-4-10(7,8)5-3-6/h2-6H,7H2,1H3;2*2-5H,6H2,1H3;2-6H,1H3;2-4H,1H3;3*2-5H,1H3;6H,2-5H2,1H3. The summed E-state index contributed by atoms with van der Waals surface area (Å²) in [5, 5.41) is 11.5. The molecule has 1 fully saturated rings. The van der Waals surface area contributed by atoms with Crippen molar-refractivity contribution in [1.82, 2.24) is 44.7 Å². The third kappa shape index (κ3) is 33.0. The summed E-state index contributed by atoms with van der Waals surface area (Å²) < 4.78 is 67.4. The summed E-state index contributed by atoms with van der Waals surface area (Å²) in [7, 11) is 12.1. The van der Waals surface area contributed by atoms with E-state index in [4.69, 9.17) is 42.6 Å². The zero-order chi connectivity index (χ0) is 58.2. The molecule has 1 aliphatic rings. The maximum Gasteiger partial charge on any atom is 0.231 e. The molecular formula is C59H75N9O11S. The molecule has 1 saturated heterocycles. The molecular weight excluding hydrogens is 1040 g/mol. The van der Waals surface area contributed by atoms with Gasteiger partial charge >= 0.3 is 0 Å². The minimum Gasteiger partial charge on any atom is -0.497 e. The summed E-state index contributed by atoms with van der Waals surface area (Å²) in [5.41, 5.74) is 4.21. The van der Waals surface area contributed by atoms with Crippen LogP contribution in [0.15, 0.2) is 202 Å². The van der Waals surface area contributed by atoms with Crippen LogP contribution in [0.1, 0.15) is 29.5 Å². The van der Waals surface area contributed by atoms with Gasteiger partial charge in [-0.15, -0.1) is 15.3 Å². The Bertz CT molecular complexity index is 2640. The van der Waals surface area contributed by atoms with E-state index in [1.807, 2.05) is 109 Å². The largest absolute Gasteiger partial charge is 0.497 e. The number of fused-ring (bicyclic) bond motifs is 1. The second kappa shape index (κ2) is 44.5. The molecule has 1 aliphatic heterocycles. The summed E-state index contributed by atoms with van der Waals surface area (Å²) >= 11 is 0. The molecule has 7 aromatic heterocycles. The first-order valence-electron chi connectivity index (χ1n) is 24.7. The fraction of sp³-hybridized carbons (Fsp3) is 0.288. The van der Waals surface area contributed by atoms with Crippen molar-refractivity contribution < 1.29 is 51.0 Å². The molecule has 0 bridgehead atoms. The Morgan fingerprint density at radius 1 is 0.450 bits per heavy atom. The second-order valence-corrected chi connectivity index (χ2v) is 18.1. The lowest BCUT2D eigenvalue weighted by Gasteiger charge is -2.19. The molecule has 9 aromatic rings. The van der Waals surface area contributed by atoms with Crippen molar-refractivity contribution in [1.29, 1.82) is 0 Å². The zero-order valence-corrected chi connectivity index (χ0v) is 47.8.